The fourth-order valence-electron chi connectivity index (χ4n) is 3.25. The zero-order chi connectivity index (χ0) is 18.9. The molecule has 0 N–H and O–H groups in total. The maximum absolute atomic E-state index is 12.6. The van der Waals surface area contributed by atoms with E-state index in [9.17, 15) is 9.59 Å². The highest BCUT2D eigenvalue weighted by molar-refractivity contribution is 5.82. The largest absolute Gasteiger partial charge is 0.441 e. The number of carbonyl (C=O) groups is 2. The summed E-state index contributed by atoms with van der Waals surface area (Å²) in [4.78, 5) is 32.9. The van der Waals surface area contributed by atoms with E-state index in [0.29, 0.717) is 50.5 Å². The number of hydrogen-bond acceptors (Lipinski definition) is 4. The second-order valence-corrected chi connectivity index (χ2v) is 8.21. The molecule has 0 atom stereocenters. The lowest BCUT2D eigenvalue weighted by Crippen LogP contribution is -2.51. The molecule has 0 bridgehead atoms. The third-order valence-corrected chi connectivity index (χ3v) is 4.58. The van der Waals surface area contributed by atoms with Gasteiger partial charge >= 0.3 is 0 Å². The molecule has 6 nitrogen and oxygen atoms in total. The van der Waals surface area contributed by atoms with Crippen LogP contribution in [-0.2, 0) is 16.0 Å². The first kappa shape index (κ1) is 18.4. The quantitative estimate of drug-likeness (QED) is 0.847. The smallest absolute Gasteiger partial charge is 0.227 e. The van der Waals surface area contributed by atoms with Gasteiger partial charge in [-0.25, -0.2) is 4.98 Å². The Kier molecular flexibility index (Phi) is 5.03. The molecular weight excluding hydrogens is 330 g/mol. The van der Waals surface area contributed by atoms with Crippen LogP contribution in [0.25, 0.3) is 11.1 Å². The summed E-state index contributed by atoms with van der Waals surface area (Å²) < 4.78 is 5.54. The number of aromatic nitrogens is 1. The van der Waals surface area contributed by atoms with Gasteiger partial charge in [-0.3, -0.25) is 9.59 Å². The highest BCUT2D eigenvalue weighted by Gasteiger charge is 2.26. The lowest BCUT2D eigenvalue weighted by Gasteiger charge is -2.36. The molecule has 1 aromatic carbocycles. The predicted molar refractivity (Wildman–Crippen MR) is 99.7 cm³/mol. The maximum Gasteiger partial charge on any atom is 0.227 e. The summed E-state index contributed by atoms with van der Waals surface area (Å²) in [5.74, 6) is 0.888. The van der Waals surface area contributed by atoms with Gasteiger partial charge in [-0.2, -0.15) is 0 Å². The Labute approximate surface area is 154 Å². The van der Waals surface area contributed by atoms with E-state index in [1.54, 1.807) is 0 Å². The molecule has 1 fully saturated rings. The van der Waals surface area contributed by atoms with Crippen molar-refractivity contribution in [3.05, 3.63) is 29.7 Å². The van der Waals surface area contributed by atoms with E-state index in [1.807, 2.05) is 34.9 Å². The minimum atomic E-state index is -0.0122. The predicted octanol–water partition coefficient (Wildman–Crippen LogP) is 2.79. The van der Waals surface area contributed by atoms with E-state index >= 15 is 0 Å². The zero-order valence-electron chi connectivity index (χ0n) is 16.0. The Morgan fingerprint density at radius 3 is 2.31 bits per heavy atom. The average Bonchev–Trinajstić information content (AvgIpc) is 2.92. The molecular formula is C20H27N3O3. The summed E-state index contributed by atoms with van der Waals surface area (Å²) in [5.41, 5.74) is 2.43. The van der Waals surface area contributed by atoms with Crippen LogP contribution in [0, 0.1) is 12.3 Å². The van der Waals surface area contributed by atoms with Crippen LogP contribution in [-0.4, -0.2) is 52.8 Å². The molecule has 0 spiro atoms. The van der Waals surface area contributed by atoms with Gasteiger partial charge in [0, 0.05) is 39.5 Å². The number of piperazine rings is 1. The van der Waals surface area contributed by atoms with E-state index in [1.165, 1.54) is 0 Å². The van der Waals surface area contributed by atoms with Crippen molar-refractivity contribution in [1.29, 1.82) is 0 Å². The SMILES string of the molecule is Cc1nc2ccc(CC(=O)N3CCN(C(=O)CC(C)(C)C)CC3)cc2o1. The Balaban J connectivity index is 1.55. The maximum atomic E-state index is 12.6. The summed E-state index contributed by atoms with van der Waals surface area (Å²) in [6.07, 6.45) is 0.878. The molecule has 0 unspecified atom stereocenters. The van der Waals surface area contributed by atoms with Crippen LogP contribution in [0.4, 0.5) is 0 Å². The van der Waals surface area contributed by atoms with Crippen LogP contribution in [0.3, 0.4) is 0 Å². The Morgan fingerprint density at radius 2 is 1.69 bits per heavy atom. The molecule has 6 heteroatoms. The number of fused-ring (bicyclic) bond motifs is 1. The second-order valence-electron chi connectivity index (χ2n) is 8.21. The van der Waals surface area contributed by atoms with Gasteiger partial charge in [-0.1, -0.05) is 26.8 Å². The van der Waals surface area contributed by atoms with Crippen LogP contribution in [0.1, 0.15) is 38.6 Å². The minimum absolute atomic E-state index is 0.0122. The van der Waals surface area contributed by atoms with Gasteiger partial charge in [0.15, 0.2) is 11.5 Å². The van der Waals surface area contributed by atoms with Crippen molar-refractivity contribution in [3.8, 4) is 0 Å². The van der Waals surface area contributed by atoms with Crippen LogP contribution in [0.15, 0.2) is 22.6 Å². The Bertz CT molecular complexity index is 811. The van der Waals surface area contributed by atoms with E-state index in [0.717, 1.165) is 11.1 Å². The molecule has 0 saturated carbocycles. The van der Waals surface area contributed by atoms with Gasteiger partial charge in [-0.05, 0) is 23.1 Å². The number of hydrogen-bond donors (Lipinski definition) is 0. The van der Waals surface area contributed by atoms with E-state index in [4.69, 9.17) is 4.42 Å². The number of aryl methyl sites for hydroxylation is 1. The van der Waals surface area contributed by atoms with Crippen molar-refractivity contribution >= 4 is 22.9 Å². The summed E-state index contributed by atoms with van der Waals surface area (Å²) in [6, 6.07) is 5.69. The molecule has 2 heterocycles. The number of nitrogens with zero attached hydrogens (tertiary/aromatic N) is 3. The first-order valence-corrected chi connectivity index (χ1v) is 9.13. The molecule has 1 aliphatic rings. The van der Waals surface area contributed by atoms with Crippen LogP contribution < -0.4 is 0 Å². The number of oxazole rings is 1. The fraction of sp³-hybridized carbons (Fsp3) is 0.550. The highest BCUT2D eigenvalue weighted by atomic mass is 16.3. The molecule has 1 saturated heterocycles. The van der Waals surface area contributed by atoms with Crippen molar-refractivity contribution in [1.82, 2.24) is 14.8 Å². The highest BCUT2D eigenvalue weighted by Crippen LogP contribution is 2.21. The lowest BCUT2D eigenvalue weighted by molar-refractivity contribution is -0.140. The third-order valence-electron chi connectivity index (χ3n) is 4.58. The Hall–Kier alpha value is -2.37. The zero-order valence-corrected chi connectivity index (χ0v) is 16.0. The fourth-order valence-corrected chi connectivity index (χ4v) is 3.25. The van der Waals surface area contributed by atoms with Crippen molar-refractivity contribution in [3.63, 3.8) is 0 Å². The normalized spacial score (nSPS) is 15.5. The van der Waals surface area contributed by atoms with Crippen LogP contribution in [0.5, 0.6) is 0 Å². The van der Waals surface area contributed by atoms with Crippen molar-refractivity contribution < 1.29 is 14.0 Å². The third kappa shape index (κ3) is 4.42. The van der Waals surface area contributed by atoms with E-state index in [-0.39, 0.29) is 17.2 Å². The molecule has 1 aromatic heterocycles. The minimum Gasteiger partial charge on any atom is -0.441 e. The van der Waals surface area contributed by atoms with Crippen LogP contribution in [0.2, 0.25) is 0 Å². The van der Waals surface area contributed by atoms with Gasteiger partial charge in [0.25, 0.3) is 0 Å². The number of benzene rings is 1. The number of carbonyl (C=O) groups excluding carboxylic acids is 2. The van der Waals surface area contributed by atoms with Crippen molar-refractivity contribution in [2.45, 2.75) is 40.5 Å². The molecule has 1 aliphatic heterocycles. The summed E-state index contributed by atoms with van der Waals surface area (Å²) >= 11 is 0. The van der Waals surface area contributed by atoms with Gasteiger partial charge in [-0.15, -0.1) is 0 Å². The molecule has 0 aliphatic carbocycles. The molecule has 2 aromatic rings. The summed E-state index contributed by atoms with van der Waals surface area (Å²) in [5, 5.41) is 0. The first-order chi connectivity index (χ1) is 12.2. The molecule has 0 radical (unpaired) electrons. The lowest BCUT2D eigenvalue weighted by atomic mass is 9.91. The van der Waals surface area contributed by atoms with Crippen LogP contribution >= 0.6 is 0 Å². The number of rotatable bonds is 3. The topological polar surface area (TPSA) is 66.7 Å². The van der Waals surface area contributed by atoms with E-state index in [2.05, 4.69) is 25.8 Å². The Morgan fingerprint density at radius 1 is 1.08 bits per heavy atom. The second kappa shape index (κ2) is 7.09. The molecule has 140 valence electrons. The van der Waals surface area contributed by atoms with Gasteiger partial charge in [0.05, 0.1) is 6.42 Å². The molecule has 2 amide bonds. The summed E-state index contributed by atoms with van der Waals surface area (Å²) in [7, 11) is 0. The standard InChI is InChI=1S/C20H27N3O3/c1-14-21-16-6-5-15(11-17(16)26-14)12-18(24)22-7-9-23(10-8-22)19(25)13-20(2,3)4/h5-6,11H,7-10,12-13H2,1-4H3. The van der Waals surface area contributed by atoms with Gasteiger partial charge < -0.3 is 14.2 Å². The number of amides is 2. The average molecular weight is 357 g/mol. The van der Waals surface area contributed by atoms with Crippen molar-refractivity contribution in [2.24, 2.45) is 5.41 Å². The summed E-state index contributed by atoms with van der Waals surface area (Å²) in [6.45, 7) is 10.4. The van der Waals surface area contributed by atoms with Gasteiger partial charge in [0.1, 0.15) is 5.52 Å². The first-order valence-electron chi connectivity index (χ1n) is 9.13. The molecule has 3 rings (SSSR count). The van der Waals surface area contributed by atoms with E-state index < -0.39 is 0 Å². The monoisotopic (exact) mass is 357 g/mol. The van der Waals surface area contributed by atoms with Gasteiger partial charge in [0.2, 0.25) is 11.8 Å². The molecule has 26 heavy (non-hydrogen) atoms. The van der Waals surface area contributed by atoms with Crippen molar-refractivity contribution in [2.75, 3.05) is 26.2 Å².